The highest BCUT2D eigenvalue weighted by atomic mass is 16.7. The van der Waals surface area contributed by atoms with Crippen LogP contribution in [0.25, 0.3) is 0 Å². The molecule has 0 aromatic rings. The molecule has 4 saturated carbocycles. The van der Waals surface area contributed by atoms with Gasteiger partial charge in [0.2, 0.25) is 0 Å². The first-order valence-corrected chi connectivity index (χ1v) is 13.9. The Morgan fingerprint density at radius 2 is 1.81 bits per heavy atom. The van der Waals surface area contributed by atoms with Gasteiger partial charge in [-0.15, -0.1) is 0 Å². The van der Waals surface area contributed by atoms with Gasteiger partial charge in [0.25, 0.3) is 0 Å². The summed E-state index contributed by atoms with van der Waals surface area (Å²) in [5.74, 6) is 2.31. The number of esters is 2. The second kappa shape index (κ2) is 9.86. The molecule has 0 amide bonds. The van der Waals surface area contributed by atoms with Crippen LogP contribution in [0.2, 0.25) is 0 Å². The lowest BCUT2D eigenvalue weighted by molar-refractivity contribution is -0.222. The number of fused-ring (bicyclic) bond motifs is 5. The number of ketones is 1. The predicted molar refractivity (Wildman–Crippen MR) is 132 cm³/mol. The smallest absolute Gasteiger partial charge is 0.303 e. The molecule has 0 N–H and O–H groups in total. The van der Waals surface area contributed by atoms with Crippen molar-refractivity contribution in [3.05, 3.63) is 12.2 Å². The fraction of sp³-hybridized carbons (Fsp3) is 0.828. The van der Waals surface area contributed by atoms with Gasteiger partial charge in [-0.05, 0) is 92.6 Å². The highest BCUT2D eigenvalue weighted by molar-refractivity contribution is 5.87. The second-order valence-corrected chi connectivity index (χ2v) is 12.4. The lowest BCUT2D eigenvalue weighted by Crippen LogP contribution is -2.54. The van der Waals surface area contributed by atoms with Crippen LogP contribution < -0.4 is 0 Å². The van der Waals surface area contributed by atoms with Gasteiger partial charge in [-0.25, -0.2) is 0 Å². The molecule has 200 valence electrons. The van der Waals surface area contributed by atoms with Crippen molar-refractivity contribution in [2.75, 3.05) is 6.61 Å². The third-order valence-electron chi connectivity index (χ3n) is 10.5. The number of rotatable bonds is 5. The van der Waals surface area contributed by atoms with Gasteiger partial charge in [-0.3, -0.25) is 14.4 Å². The van der Waals surface area contributed by atoms with Gasteiger partial charge < -0.3 is 18.9 Å². The van der Waals surface area contributed by atoms with E-state index in [1.165, 1.54) is 33.1 Å². The van der Waals surface area contributed by atoms with Gasteiger partial charge in [-0.2, -0.15) is 0 Å². The number of hydrogen-bond acceptors (Lipinski definition) is 7. The third-order valence-corrected chi connectivity index (χ3v) is 10.5. The van der Waals surface area contributed by atoms with Gasteiger partial charge >= 0.3 is 11.9 Å². The van der Waals surface area contributed by atoms with E-state index in [2.05, 4.69) is 13.8 Å². The SMILES string of the molecule is CC(=O)OC[C@H]1O[C@H](O[C@H]2CC[C@@]3(C)[C@@H](CC[C@@H]4[C@@H]3CC[C@]3(C)C(=O)CC[C@@H]43)C2)C=C[C@@H]1OC(C)=O. The molecule has 5 rings (SSSR count). The molecule has 0 spiro atoms. The van der Waals surface area contributed by atoms with Gasteiger partial charge in [0, 0.05) is 25.7 Å². The monoisotopic (exact) mass is 502 g/mol. The molecule has 10 atom stereocenters. The van der Waals surface area contributed by atoms with Crippen molar-refractivity contribution >= 4 is 17.7 Å². The van der Waals surface area contributed by atoms with E-state index in [0.717, 1.165) is 38.5 Å². The first-order chi connectivity index (χ1) is 17.1. The Morgan fingerprint density at radius 3 is 2.56 bits per heavy atom. The van der Waals surface area contributed by atoms with Crippen LogP contribution in [0.15, 0.2) is 12.2 Å². The summed E-state index contributed by atoms with van der Waals surface area (Å²) in [6, 6.07) is 0. The van der Waals surface area contributed by atoms with E-state index in [9.17, 15) is 14.4 Å². The van der Waals surface area contributed by atoms with E-state index in [0.29, 0.717) is 34.9 Å². The van der Waals surface area contributed by atoms with Crippen LogP contribution in [0.5, 0.6) is 0 Å². The third kappa shape index (κ3) is 4.66. The van der Waals surface area contributed by atoms with Crippen molar-refractivity contribution in [3.8, 4) is 0 Å². The first kappa shape index (κ1) is 25.9. The molecular weight excluding hydrogens is 460 g/mol. The predicted octanol–water partition coefficient (Wildman–Crippen LogP) is 4.76. The Morgan fingerprint density at radius 1 is 1.00 bits per heavy atom. The van der Waals surface area contributed by atoms with E-state index in [-0.39, 0.29) is 18.1 Å². The van der Waals surface area contributed by atoms with E-state index in [1.807, 2.05) is 6.08 Å². The largest absolute Gasteiger partial charge is 0.463 e. The summed E-state index contributed by atoms with van der Waals surface area (Å²) in [4.78, 5) is 35.5. The van der Waals surface area contributed by atoms with Crippen molar-refractivity contribution in [2.24, 2.45) is 34.5 Å². The summed E-state index contributed by atoms with van der Waals surface area (Å²) in [6.07, 6.45) is 11.7. The molecule has 4 aliphatic carbocycles. The fourth-order valence-corrected chi connectivity index (χ4v) is 8.64. The number of Topliss-reactive ketones (excluding diaryl/α,β-unsaturated/α-hetero) is 1. The lowest BCUT2D eigenvalue weighted by Gasteiger charge is -2.60. The molecule has 0 bridgehead atoms. The van der Waals surface area contributed by atoms with E-state index in [1.54, 1.807) is 6.08 Å². The van der Waals surface area contributed by atoms with Gasteiger partial charge in [0.1, 0.15) is 24.6 Å². The van der Waals surface area contributed by atoms with E-state index >= 15 is 0 Å². The van der Waals surface area contributed by atoms with Crippen LogP contribution in [-0.2, 0) is 33.3 Å². The van der Waals surface area contributed by atoms with Crippen molar-refractivity contribution < 1.29 is 33.3 Å². The zero-order valence-corrected chi connectivity index (χ0v) is 22.2. The first-order valence-electron chi connectivity index (χ1n) is 13.9. The van der Waals surface area contributed by atoms with Crippen LogP contribution in [0, 0.1) is 34.5 Å². The molecule has 1 aliphatic heterocycles. The minimum absolute atomic E-state index is 0.00843. The maximum atomic E-state index is 12.7. The molecular formula is C29H42O7. The number of carbonyl (C=O) groups is 3. The topological polar surface area (TPSA) is 88.1 Å². The van der Waals surface area contributed by atoms with Crippen LogP contribution in [-0.4, -0.2) is 48.9 Å². The maximum absolute atomic E-state index is 12.7. The standard InChI is InChI=1S/C29H42O7/c1-17(30)33-16-25-24(34-18(2)31)8-10-27(36-25)35-20-11-13-28(3)19(15-20)5-6-21-22-7-9-26(32)29(22,4)14-12-23(21)28/h8,10,19-25,27H,5-7,9,11-16H2,1-4H3/t19-,20-,21-,22-,23-,24-,25+,27-,28-,29-/m0/s1. The fourth-order valence-electron chi connectivity index (χ4n) is 8.64. The highest BCUT2D eigenvalue weighted by Gasteiger charge is 2.60. The number of hydrogen-bond donors (Lipinski definition) is 0. The van der Waals surface area contributed by atoms with Crippen molar-refractivity contribution in [3.63, 3.8) is 0 Å². The molecule has 5 aliphatic rings. The lowest BCUT2D eigenvalue weighted by atomic mass is 9.45. The van der Waals surface area contributed by atoms with Crippen molar-refractivity contribution in [1.82, 2.24) is 0 Å². The summed E-state index contributed by atoms with van der Waals surface area (Å²) in [5, 5.41) is 0. The normalized spacial score (nSPS) is 45.8. The molecule has 7 heteroatoms. The summed E-state index contributed by atoms with van der Waals surface area (Å²) >= 11 is 0. The minimum atomic E-state index is -0.605. The summed E-state index contributed by atoms with van der Waals surface area (Å²) in [7, 11) is 0. The van der Waals surface area contributed by atoms with E-state index < -0.39 is 30.4 Å². The van der Waals surface area contributed by atoms with Gasteiger partial charge in [0.15, 0.2) is 6.29 Å². The van der Waals surface area contributed by atoms with E-state index in [4.69, 9.17) is 18.9 Å². The summed E-state index contributed by atoms with van der Waals surface area (Å²) in [6.45, 7) is 7.47. The Kier molecular flexibility index (Phi) is 7.10. The minimum Gasteiger partial charge on any atom is -0.463 e. The zero-order chi connectivity index (χ0) is 25.7. The molecule has 0 saturated heterocycles. The Hall–Kier alpha value is -1.73. The quantitative estimate of drug-likeness (QED) is 0.396. The average molecular weight is 503 g/mol. The highest BCUT2D eigenvalue weighted by Crippen LogP contribution is 2.65. The molecule has 0 radical (unpaired) electrons. The number of ether oxygens (including phenoxy) is 4. The van der Waals surface area contributed by atoms with Crippen LogP contribution >= 0.6 is 0 Å². The molecule has 36 heavy (non-hydrogen) atoms. The maximum Gasteiger partial charge on any atom is 0.303 e. The van der Waals surface area contributed by atoms with Crippen molar-refractivity contribution in [1.29, 1.82) is 0 Å². The molecule has 1 heterocycles. The molecule has 0 aromatic heterocycles. The van der Waals surface area contributed by atoms with Crippen LogP contribution in [0.4, 0.5) is 0 Å². The molecule has 7 nitrogen and oxygen atoms in total. The average Bonchev–Trinajstić information content (AvgIpc) is 3.13. The van der Waals surface area contributed by atoms with Gasteiger partial charge in [-0.1, -0.05) is 13.8 Å². The number of carbonyl (C=O) groups excluding carboxylic acids is 3. The van der Waals surface area contributed by atoms with Crippen molar-refractivity contribution in [2.45, 2.75) is 110 Å². The summed E-state index contributed by atoms with van der Waals surface area (Å²) in [5.41, 5.74) is 0.249. The Balaban J connectivity index is 1.22. The molecule has 4 fully saturated rings. The van der Waals surface area contributed by atoms with Crippen LogP contribution in [0.3, 0.4) is 0 Å². The summed E-state index contributed by atoms with van der Waals surface area (Å²) < 4.78 is 23.0. The molecule has 0 aromatic carbocycles. The Bertz CT molecular complexity index is 913. The Labute approximate surface area is 214 Å². The van der Waals surface area contributed by atoms with Gasteiger partial charge in [0.05, 0.1) is 6.10 Å². The zero-order valence-electron chi connectivity index (χ0n) is 22.2. The second-order valence-electron chi connectivity index (χ2n) is 12.4. The van der Waals surface area contributed by atoms with Crippen LogP contribution in [0.1, 0.15) is 85.5 Å². The molecule has 0 unspecified atom stereocenters.